The Kier molecular flexibility index (Phi) is 4.87. The van der Waals surface area contributed by atoms with E-state index in [1.807, 2.05) is 18.5 Å². The Balaban J connectivity index is 1.97. The average molecular weight is 382 g/mol. The van der Waals surface area contributed by atoms with E-state index >= 15 is 0 Å². The molecule has 0 spiro atoms. The molecule has 0 unspecified atom stereocenters. The van der Waals surface area contributed by atoms with E-state index in [4.69, 9.17) is 0 Å². The molecule has 1 aromatic carbocycles. The van der Waals surface area contributed by atoms with Gasteiger partial charge in [-0.05, 0) is 37.8 Å². The normalized spacial score (nSPS) is 20.3. The first-order chi connectivity index (χ1) is 11.7. The third-order valence-electron chi connectivity index (χ3n) is 4.75. The minimum atomic E-state index is -3.27. The van der Waals surface area contributed by atoms with E-state index < -0.39 is 10.0 Å². The fraction of sp³-hybridized carbons (Fsp3) is 0.529. The molecule has 8 heteroatoms. The summed E-state index contributed by atoms with van der Waals surface area (Å²) in [6, 6.07) is 4.14. The zero-order valence-electron chi connectivity index (χ0n) is 14.9. The van der Waals surface area contributed by atoms with Gasteiger partial charge in [-0.1, -0.05) is 23.5 Å². The third kappa shape index (κ3) is 3.56. The molecular formula is C17H23N3O3S2. The molecule has 1 fully saturated rings. The molecule has 2 aromatic rings. The summed E-state index contributed by atoms with van der Waals surface area (Å²) in [4.78, 5) is 17.6. The molecule has 1 atom stereocenters. The van der Waals surface area contributed by atoms with Crippen LogP contribution in [0.5, 0.6) is 0 Å². The fourth-order valence-corrected chi connectivity index (χ4v) is 5.38. The standard InChI is InChI=1S/C17H23N3O3S2/c1-11-7-8-12(2)15-14(11)19(3)17(24-15)18-16(21)13-6-5-9-20(10-13)25(4,22)23/h7-8,13H,5-6,9-10H2,1-4H3/t13-/m0/s1. The van der Waals surface area contributed by atoms with Gasteiger partial charge in [0.1, 0.15) is 0 Å². The number of carbonyl (C=O) groups is 1. The Labute approximate surface area is 151 Å². The topological polar surface area (TPSA) is 71.7 Å². The molecule has 1 aliphatic heterocycles. The third-order valence-corrected chi connectivity index (χ3v) is 7.29. The van der Waals surface area contributed by atoms with E-state index in [0.717, 1.165) is 21.3 Å². The van der Waals surface area contributed by atoms with Crippen molar-refractivity contribution in [2.24, 2.45) is 18.0 Å². The molecule has 0 bridgehead atoms. The summed E-state index contributed by atoms with van der Waals surface area (Å²) >= 11 is 1.51. The molecule has 0 aliphatic carbocycles. The average Bonchev–Trinajstić information content (AvgIpc) is 2.88. The van der Waals surface area contributed by atoms with Crippen molar-refractivity contribution in [1.29, 1.82) is 0 Å². The van der Waals surface area contributed by atoms with Crippen LogP contribution in [0.15, 0.2) is 17.1 Å². The maximum absolute atomic E-state index is 12.6. The van der Waals surface area contributed by atoms with Crippen LogP contribution < -0.4 is 4.80 Å². The lowest BCUT2D eigenvalue weighted by Gasteiger charge is -2.28. The van der Waals surface area contributed by atoms with Crippen LogP contribution in [0.2, 0.25) is 0 Å². The molecular weight excluding hydrogens is 358 g/mol. The Morgan fingerprint density at radius 1 is 1.28 bits per heavy atom. The Bertz CT molecular complexity index is 1000. The summed E-state index contributed by atoms with van der Waals surface area (Å²) in [6.45, 7) is 4.81. The van der Waals surface area contributed by atoms with Gasteiger partial charge in [-0.25, -0.2) is 12.7 Å². The van der Waals surface area contributed by atoms with E-state index in [9.17, 15) is 13.2 Å². The predicted octanol–water partition coefficient (Wildman–Crippen LogP) is 1.96. The van der Waals surface area contributed by atoms with E-state index in [0.29, 0.717) is 24.2 Å². The van der Waals surface area contributed by atoms with Crippen molar-refractivity contribution < 1.29 is 13.2 Å². The molecule has 25 heavy (non-hydrogen) atoms. The van der Waals surface area contributed by atoms with Crippen molar-refractivity contribution in [2.45, 2.75) is 26.7 Å². The number of hydrogen-bond donors (Lipinski definition) is 0. The molecule has 6 nitrogen and oxygen atoms in total. The quantitative estimate of drug-likeness (QED) is 0.798. The van der Waals surface area contributed by atoms with Crippen LogP contribution in [0.3, 0.4) is 0 Å². The van der Waals surface area contributed by atoms with Crippen LogP contribution in [0.1, 0.15) is 24.0 Å². The van der Waals surface area contributed by atoms with Crippen LogP contribution in [-0.2, 0) is 21.9 Å². The van der Waals surface area contributed by atoms with Crippen molar-refractivity contribution in [2.75, 3.05) is 19.3 Å². The number of piperidine rings is 1. The maximum Gasteiger partial charge on any atom is 0.252 e. The number of hydrogen-bond acceptors (Lipinski definition) is 4. The maximum atomic E-state index is 12.6. The smallest absolute Gasteiger partial charge is 0.252 e. The van der Waals surface area contributed by atoms with Crippen molar-refractivity contribution >= 4 is 37.5 Å². The molecule has 136 valence electrons. The van der Waals surface area contributed by atoms with Crippen LogP contribution in [0.4, 0.5) is 0 Å². The monoisotopic (exact) mass is 381 g/mol. The van der Waals surface area contributed by atoms with Crippen molar-refractivity contribution in [3.63, 3.8) is 0 Å². The first kappa shape index (κ1) is 18.3. The fourth-order valence-electron chi connectivity index (χ4n) is 3.30. The largest absolute Gasteiger partial charge is 0.319 e. The number of fused-ring (bicyclic) bond motifs is 1. The Hall–Kier alpha value is -1.51. The number of carbonyl (C=O) groups excluding carboxylic acids is 1. The second-order valence-electron chi connectivity index (χ2n) is 6.73. The van der Waals surface area contributed by atoms with Crippen LogP contribution >= 0.6 is 11.3 Å². The van der Waals surface area contributed by atoms with Crippen LogP contribution in [0, 0.1) is 19.8 Å². The van der Waals surface area contributed by atoms with Gasteiger partial charge in [0.2, 0.25) is 10.0 Å². The van der Waals surface area contributed by atoms with Gasteiger partial charge in [0.05, 0.1) is 22.4 Å². The summed E-state index contributed by atoms with van der Waals surface area (Å²) in [6.07, 6.45) is 2.56. The van der Waals surface area contributed by atoms with E-state index in [1.54, 1.807) is 0 Å². The lowest BCUT2D eigenvalue weighted by Crippen LogP contribution is -2.41. The summed E-state index contributed by atoms with van der Waals surface area (Å²) in [7, 11) is -1.35. The van der Waals surface area contributed by atoms with Crippen LogP contribution in [0.25, 0.3) is 10.2 Å². The summed E-state index contributed by atoms with van der Waals surface area (Å²) in [5, 5.41) is 0. The van der Waals surface area contributed by atoms with Gasteiger partial charge in [-0.2, -0.15) is 4.99 Å². The lowest BCUT2D eigenvalue weighted by atomic mass is 9.99. The molecule has 1 saturated heterocycles. The van der Waals surface area contributed by atoms with Crippen LogP contribution in [-0.4, -0.2) is 42.5 Å². The highest BCUT2D eigenvalue weighted by Gasteiger charge is 2.30. The minimum absolute atomic E-state index is 0.230. The molecule has 0 N–H and O–H groups in total. The number of amides is 1. The van der Waals surface area contributed by atoms with Gasteiger partial charge in [0, 0.05) is 20.1 Å². The number of aryl methyl sites for hydroxylation is 3. The van der Waals surface area contributed by atoms with Crippen molar-refractivity contribution in [1.82, 2.24) is 8.87 Å². The molecule has 1 aliphatic rings. The highest BCUT2D eigenvalue weighted by molar-refractivity contribution is 7.88. The SMILES string of the molecule is Cc1ccc(C)c2c1sc(=NC(=O)[C@H]1CCCN(S(C)(=O)=O)C1)n2C. The molecule has 0 radical (unpaired) electrons. The number of thiazole rings is 1. The molecule has 1 aromatic heterocycles. The first-order valence-electron chi connectivity index (χ1n) is 8.28. The van der Waals surface area contributed by atoms with E-state index in [-0.39, 0.29) is 18.4 Å². The van der Waals surface area contributed by atoms with Gasteiger partial charge in [-0.15, -0.1) is 0 Å². The summed E-state index contributed by atoms with van der Waals surface area (Å²) < 4.78 is 28.0. The second kappa shape index (κ2) is 6.66. The number of rotatable bonds is 2. The summed E-state index contributed by atoms with van der Waals surface area (Å²) in [5.41, 5.74) is 3.41. The zero-order chi connectivity index (χ0) is 18.4. The molecule has 1 amide bonds. The number of aromatic nitrogens is 1. The van der Waals surface area contributed by atoms with E-state index in [1.165, 1.54) is 21.9 Å². The lowest BCUT2D eigenvalue weighted by molar-refractivity contribution is -0.122. The zero-order valence-corrected chi connectivity index (χ0v) is 16.6. The Morgan fingerprint density at radius 2 is 1.96 bits per heavy atom. The number of sulfonamides is 1. The highest BCUT2D eigenvalue weighted by atomic mass is 32.2. The van der Waals surface area contributed by atoms with Gasteiger partial charge in [-0.3, -0.25) is 4.79 Å². The van der Waals surface area contributed by atoms with Crippen molar-refractivity contribution in [3.8, 4) is 0 Å². The van der Waals surface area contributed by atoms with Gasteiger partial charge < -0.3 is 4.57 Å². The predicted molar refractivity (Wildman–Crippen MR) is 100.0 cm³/mol. The van der Waals surface area contributed by atoms with E-state index in [2.05, 4.69) is 24.0 Å². The molecule has 3 rings (SSSR count). The Morgan fingerprint density at radius 3 is 2.60 bits per heavy atom. The summed E-state index contributed by atoms with van der Waals surface area (Å²) in [5.74, 6) is -0.596. The molecule has 2 heterocycles. The van der Waals surface area contributed by atoms with Gasteiger partial charge in [0.25, 0.3) is 5.91 Å². The first-order valence-corrected chi connectivity index (χ1v) is 10.9. The minimum Gasteiger partial charge on any atom is -0.319 e. The second-order valence-corrected chi connectivity index (χ2v) is 9.69. The van der Waals surface area contributed by atoms with Gasteiger partial charge >= 0.3 is 0 Å². The van der Waals surface area contributed by atoms with Gasteiger partial charge in [0.15, 0.2) is 4.80 Å². The number of benzene rings is 1. The molecule has 0 saturated carbocycles. The van der Waals surface area contributed by atoms with Crippen molar-refractivity contribution in [3.05, 3.63) is 28.1 Å². The number of nitrogens with zero attached hydrogens (tertiary/aromatic N) is 3. The highest BCUT2D eigenvalue weighted by Crippen LogP contribution is 2.24.